The van der Waals surface area contributed by atoms with Crippen LogP contribution in [0.15, 0.2) is 79.0 Å². The van der Waals surface area contributed by atoms with Crippen molar-refractivity contribution >= 4 is 33.8 Å². The number of nitrogens with zero attached hydrogens (tertiary/aromatic N) is 2. The van der Waals surface area contributed by atoms with Crippen molar-refractivity contribution in [3.05, 3.63) is 90.1 Å². The molecule has 5 aromatic rings. The van der Waals surface area contributed by atoms with Crippen LogP contribution in [0.2, 0.25) is 0 Å². The third kappa shape index (κ3) is 2.89. The predicted octanol–water partition coefficient (Wildman–Crippen LogP) is 5.39. The quantitative estimate of drug-likeness (QED) is 0.268. The van der Waals surface area contributed by atoms with E-state index in [1.807, 2.05) is 18.2 Å². The van der Waals surface area contributed by atoms with Gasteiger partial charge in [-0.15, -0.1) is 0 Å². The summed E-state index contributed by atoms with van der Waals surface area (Å²) in [4.78, 5) is 0. The van der Waals surface area contributed by atoms with E-state index in [0.29, 0.717) is 0 Å². The van der Waals surface area contributed by atoms with Crippen molar-refractivity contribution in [2.45, 2.75) is 6.92 Å². The van der Waals surface area contributed by atoms with E-state index in [9.17, 15) is 5.26 Å². The Balaban J connectivity index is 1.84. The second-order valence-electron chi connectivity index (χ2n) is 7.31. The van der Waals surface area contributed by atoms with E-state index in [1.165, 1.54) is 47.2 Å². The molecule has 0 bridgehead atoms. The van der Waals surface area contributed by atoms with Gasteiger partial charge in [0.05, 0.1) is 0 Å². The van der Waals surface area contributed by atoms with Crippen LogP contribution in [0.25, 0.3) is 41.7 Å². The maximum absolute atomic E-state index is 9.58. The summed E-state index contributed by atoms with van der Waals surface area (Å²) in [6.45, 7) is 2.19. The zero-order valence-electron chi connectivity index (χ0n) is 16.3. The normalized spacial score (nSPS) is 11.1. The number of hydrogen-bond donors (Lipinski definition) is 0. The Kier molecular flexibility index (Phi) is 4.32. The van der Waals surface area contributed by atoms with E-state index >= 15 is 0 Å². The second-order valence-corrected chi connectivity index (χ2v) is 9.45. The van der Waals surface area contributed by atoms with Crippen LogP contribution >= 0.6 is 0 Å². The van der Waals surface area contributed by atoms with Crippen molar-refractivity contribution in [2.75, 3.05) is 0 Å². The Morgan fingerprint density at radius 1 is 0.828 bits per heavy atom. The van der Waals surface area contributed by atoms with Gasteiger partial charge in [-0.1, -0.05) is 0 Å². The Hall–Kier alpha value is -3.18. The van der Waals surface area contributed by atoms with Crippen LogP contribution in [0.4, 0.5) is 0 Å². The monoisotopic (exact) mass is 439 g/mol. The number of pyridine rings is 1. The van der Waals surface area contributed by atoms with Crippen LogP contribution < -0.4 is 4.57 Å². The molecule has 0 N–H and O–H groups in total. The van der Waals surface area contributed by atoms with E-state index < -0.39 is 0 Å². The molecule has 0 spiro atoms. The van der Waals surface area contributed by atoms with Crippen LogP contribution in [0, 0.1) is 18.3 Å². The summed E-state index contributed by atoms with van der Waals surface area (Å²) in [6, 6.07) is 27.9. The van der Waals surface area contributed by atoms with Gasteiger partial charge in [0.15, 0.2) is 0 Å². The Morgan fingerprint density at radius 3 is 2.41 bits per heavy atom. The Bertz CT molecular complexity index is 1420. The molecule has 29 heavy (non-hydrogen) atoms. The molecular weight excluding hydrogens is 419 g/mol. The van der Waals surface area contributed by atoms with Gasteiger partial charge in [-0.2, -0.15) is 0 Å². The molecular formula is C26H19N2Se+. The molecule has 138 valence electrons. The zero-order valence-corrected chi connectivity index (χ0v) is 18.0. The average Bonchev–Trinajstić information content (AvgIpc) is 3.13. The van der Waals surface area contributed by atoms with Gasteiger partial charge < -0.3 is 0 Å². The Morgan fingerprint density at radius 2 is 1.62 bits per heavy atom. The van der Waals surface area contributed by atoms with Gasteiger partial charge in [-0.05, 0) is 0 Å². The van der Waals surface area contributed by atoms with Crippen LogP contribution in [0.1, 0.15) is 11.1 Å². The van der Waals surface area contributed by atoms with E-state index in [0.717, 1.165) is 5.56 Å². The summed E-state index contributed by atoms with van der Waals surface area (Å²) in [7, 11) is 2.11. The summed E-state index contributed by atoms with van der Waals surface area (Å²) in [5, 5.41) is 12.1. The summed E-state index contributed by atoms with van der Waals surface area (Å²) in [5.74, 6) is 0. The van der Waals surface area contributed by atoms with Gasteiger partial charge in [0, 0.05) is 0 Å². The molecule has 3 heteroatoms. The number of aryl methyl sites for hydroxylation is 2. The van der Waals surface area contributed by atoms with Crippen LogP contribution in [0.3, 0.4) is 0 Å². The van der Waals surface area contributed by atoms with Gasteiger partial charge >= 0.3 is 176 Å². The van der Waals surface area contributed by atoms with Gasteiger partial charge in [-0.25, -0.2) is 0 Å². The van der Waals surface area contributed by atoms with Crippen LogP contribution in [-0.2, 0) is 7.05 Å². The molecule has 0 saturated heterocycles. The second kappa shape index (κ2) is 7.01. The van der Waals surface area contributed by atoms with E-state index in [-0.39, 0.29) is 14.5 Å². The summed E-state index contributed by atoms with van der Waals surface area (Å²) in [6.07, 6.45) is 2.15. The van der Waals surface area contributed by atoms with Crippen molar-refractivity contribution < 1.29 is 4.57 Å². The minimum atomic E-state index is 0.119. The first-order valence-electron chi connectivity index (χ1n) is 9.58. The first kappa shape index (κ1) is 17.9. The number of fused-ring (bicyclic) bond motifs is 3. The molecule has 0 amide bonds. The van der Waals surface area contributed by atoms with Crippen molar-refractivity contribution in [1.82, 2.24) is 0 Å². The number of nitriles is 1. The van der Waals surface area contributed by atoms with Crippen LogP contribution in [0.5, 0.6) is 0 Å². The average molecular weight is 438 g/mol. The van der Waals surface area contributed by atoms with Crippen molar-refractivity contribution in [2.24, 2.45) is 7.05 Å². The third-order valence-electron chi connectivity index (χ3n) is 5.51. The molecule has 0 atom stereocenters. The minimum absolute atomic E-state index is 0.119. The molecule has 0 aliphatic heterocycles. The molecule has 2 aromatic heterocycles. The van der Waals surface area contributed by atoms with Gasteiger partial charge in [-0.3, -0.25) is 0 Å². The molecule has 0 aliphatic carbocycles. The molecule has 0 saturated carbocycles. The standard InChI is InChI=1S/C26H19N2Se/c1-17-11-12-22-21-10-6-9-20(16-27)25(21)29-26(22)24(17)23-15-19(13-14-28(23)2)18-7-4-3-5-8-18/h3-15H,1-2H3/q+1. The topological polar surface area (TPSA) is 27.7 Å². The molecule has 0 unspecified atom stereocenters. The SMILES string of the molecule is Cc1ccc2c([se]c3c(C#N)cccc32)c1-c1cc(-c2ccccc2)cc[n+]1C. The van der Waals surface area contributed by atoms with Gasteiger partial charge in [0.1, 0.15) is 0 Å². The molecule has 0 fully saturated rings. The van der Waals surface area contributed by atoms with Gasteiger partial charge in [0.25, 0.3) is 0 Å². The Labute approximate surface area is 176 Å². The molecule has 5 rings (SSSR count). The van der Waals surface area contributed by atoms with E-state index in [1.54, 1.807) is 0 Å². The van der Waals surface area contributed by atoms with Crippen molar-refractivity contribution in [1.29, 1.82) is 5.26 Å². The van der Waals surface area contributed by atoms with Crippen LogP contribution in [-0.4, -0.2) is 14.5 Å². The number of benzene rings is 3. The summed E-state index contributed by atoms with van der Waals surface area (Å²) in [5.41, 5.74) is 7.05. The first-order valence-corrected chi connectivity index (χ1v) is 11.3. The number of hydrogen-bond acceptors (Lipinski definition) is 1. The van der Waals surface area contributed by atoms with E-state index in [4.69, 9.17) is 0 Å². The first-order chi connectivity index (χ1) is 14.2. The van der Waals surface area contributed by atoms with Crippen molar-refractivity contribution in [3.63, 3.8) is 0 Å². The summed E-state index contributed by atoms with van der Waals surface area (Å²) >= 11 is 0.119. The fourth-order valence-corrected chi connectivity index (χ4v) is 6.87. The number of aromatic nitrogens is 1. The molecule has 0 radical (unpaired) electrons. The molecule has 0 aliphatic rings. The number of rotatable bonds is 2. The summed E-state index contributed by atoms with van der Waals surface area (Å²) < 4.78 is 4.81. The molecule has 2 nitrogen and oxygen atoms in total. The third-order valence-corrected chi connectivity index (χ3v) is 8.18. The fraction of sp³-hybridized carbons (Fsp3) is 0.0769. The molecule has 2 heterocycles. The maximum atomic E-state index is 9.58. The van der Waals surface area contributed by atoms with Gasteiger partial charge in [0.2, 0.25) is 0 Å². The fourth-order valence-electron chi connectivity index (χ4n) is 4.00. The molecule has 3 aromatic carbocycles. The van der Waals surface area contributed by atoms with E-state index in [2.05, 4.69) is 85.4 Å². The van der Waals surface area contributed by atoms with Crippen molar-refractivity contribution in [3.8, 4) is 28.5 Å². The zero-order chi connectivity index (χ0) is 20.0. The predicted molar refractivity (Wildman–Crippen MR) is 120 cm³/mol.